The van der Waals surface area contributed by atoms with Crippen LogP contribution in [0.4, 0.5) is 4.39 Å². The van der Waals surface area contributed by atoms with Crippen molar-refractivity contribution in [1.82, 2.24) is 0 Å². The van der Waals surface area contributed by atoms with Crippen molar-refractivity contribution >= 4 is 17.7 Å². The Morgan fingerprint density at radius 3 is 2.88 bits per heavy atom. The third-order valence-corrected chi connectivity index (χ3v) is 3.41. The van der Waals surface area contributed by atoms with Gasteiger partial charge in [-0.2, -0.15) is 0 Å². The van der Waals surface area contributed by atoms with Crippen LogP contribution in [0.15, 0.2) is 29.2 Å². The second kappa shape index (κ2) is 6.02. The highest BCUT2D eigenvalue weighted by Crippen LogP contribution is 2.22. The van der Waals surface area contributed by atoms with Crippen LogP contribution in [-0.4, -0.2) is 23.9 Å². The zero-order valence-electron chi connectivity index (χ0n) is 9.90. The van der Waals surface area contributed by atoms with E-state index in [2.05, 4.69) is 0 Å². The molecule has 0 fully saturated rings. The highest BCUT2D eigenvalue weighted by atomic mass is 32.2. The molecule has 5 heteroatoms. The summed E-state index contributed by atoms with van der Waals surface area (Å²) >= 11 is 1.33. The van der Waals surface area contributed by atoms with Crippen molar-refractivity contribution < 1.29 is 13.9 Å². The lowest BCUT2D eigenvalue weighted by atomic mass is 10.1. The minimum Gasteiger partial charge on any atom is -0.465 e. The first kappa shape index (κ1) is 14.0. The van der Waals surface area contributed by atoms with Gasteiger partial charge in [0.1, 0.15) is 11.4 Å². The summed E-state index contributed by atoms with van der Waals surface area (Å²) in [6.45, 7) is 3.64. The average Bonchev–Trinajstić information content (AvgIpc) is 2.27. The quantitative estimate of drug-likeness (QED) is 0.649. The molecule has 1 unspecified atom stereocenters. The van der Waals surface area contributed by atoms with E-state index in [1.165, 1.54) is 23.9 Å². The van der Waals surface area contributed by atoms with Gasteiger partial charge >= 0.3 is 5.97 Å². The lowest BCUT2D eigenvalue weighted by Crippen LogP contribution is -2.48. The van der Waals surface area contributed by atoms with Crippen LogP contribution in [0.3, 0.4) is 0 Å². The third-order valence-electron chi connectivity index (χ3n) is 2.08. The Bertz CT molecular complexity index is 396. The molecule has 17 heavy (non-hydrogen) atoms. The number of hydrogen-bond donors (Lipinski definition) is 1. The number of carbonyl (C=O) groups is 1. The van der Waals surface area contributed by atoms with Gasteiger partial charge in [0.05, 0.1) is 6.61 Å². The summed E-state index contributed by atoms with van der Waals surface area (Å²) in [5.41, 5.74) is 4.78. The van der Waals surface area contributed by atoms with E-state index < -0.39 is 11.5 Å². The van der Waals surface area contributed by atoms with Crippen molar-refractivity contribution in [3.05, 3.63) is 30.1 Å². The van der Waals surface area contributed by atoms with Crippen LogP contribution >= 0.6 is 11.8 Å². The van der Waals surface area contributed by atoms with E-state index in [1.807, 2.05) is 0 Å². The summed E-state index contributed by atoms with van der Waals surface area (Å²) in [7, 11) is 0. The van der Waals surface area contributed by atoms with Crippen molar-refractivity contribution in [3.63, 3.8) is 0 Å². The second-order valence-electron chi connectivity index (χ2n) is 3.88. The maximum Gasteiger partial charge on any atom is 0.326 e. The normalized spacial score (nSPS) is 14.1. The summed E-state index contributed by atoms with van der Waals surface area (Å²) in [6.07, 6.45) is 0. The number of halogens is 1. The van der Waals surface area contributed by atoms with Crippen LogP contribution in [0.1, 0.15) is 13.8 Å². The van der Waals surface area contributed by atoms with Gasteiger partial charge in [0.25, 0.3) is 0 Å². The molecule has 0 saturated carbocycles. The predicted molar refractivity (Wildman–Crippen MR) is 66.3 cm³/mol. The van der Waals surface area contributed by atoms with Crippen LogP contribution in [-0.2, 0) is 9.53 Å². The number of benzene rings is 1. The summed E-state index contributed by atoms with van der Waals surface area (Å²) in [4.78, 5) is 12.3. The number of rotatable bonds is 5. The Morgan fingerprint density at radius 1 is 1.59 bits per heavy atom. The molecular weight excluding hydrogens is 241 g/mol. The fourth-order valence-corrected chi connectivity index (χ4v) is 2.10. The standard InChI is InChI=1S/C12H16FNO2S/c1-3-16-11(15)12(2,14)8-17-10-6-4-5-9(13)7-10/h4-7H,3,8,14H2,1-2H3. The first-order chi connectivity index (χ1) is 7.95. The Labute approximate surface area is 105 Å². The van der Waals surface area contributed by atoms with E-state index in [0.29, 0.717) is 12.4 Å². The number of esters is 1. The first-order valence-electron chi connectivity index (χ1n) is 5.30. The lowest BCUT2D eigenvalue weighted by Gasteiger charge is -2.21. The van der Waals surface area contributed by atoms with Gasteiger partial charge in [-0.15, -0.1) is 11.8 Å². The van der Waals surface area contributed by atoms with E-state index in [0.717, 1.165) is 4.90 Å². The van der Waals surface area contributed by atoms with Crippen LogP contribution < -0.4 is 5.73 Å². The summed E-state index contributed by atoms with van der Waals surface area (Å²) in [5.74, 6) is -0.399. The predicted octanol–water partition coefficient (Wildman–Crippen LogP) is 2.20. The van der Waals surface area contributed by atoms with Gasteiger partial charge in [-0.25, -0.2) is 4.39 Å². The molecule has 1 aromatic carbocycles. The number of hydrogen-bond acceptors (Lipinski definition) is 4. The maximum absolute atomic E-state index is 12.9. The fourth-order valence-electron chi connectivity index (χ4n) is 1.14. The lowest BCUT2D eigenvalue weighted by molar-refractivity contribution is -0.148. The average molecular weight is 257 g/mol. The van der Waals surface area contributed by atoms with Gasteiger partial charge in [-0.1, -0.05) is 6.07 Å². The smallest absolute Gasteiger partial charge is 0.326 e. The van der Waals surface area contributed by atoms with Gasteiger partial charge in [0, 0.05) is 10.6 Å². The van der Waals surface area contributed by atoms with Gasteiger partial charge in [0.15, 0.2) is 0 Å². The summed E-state index contributed by atoms with van der Waals surface area (Å²) in [5, 5.41) is 0. The van der Waals surface area contributed by atoms with E-state index >= 15 is 0 Å². The minimum atomic E-state index is -1.06. The molecule has 0 heterocycles. The third kappa shape index (κ3) is 4.36. The molecule has 2 N–H and O–H groups in total. The molecule has 0 aliphatic rings. The molecule has 0 spiro atoms. The van der Waals surface area contributed by atoms with E-state index in [4.69, 9.17) is 10.5 Å². The molecule has 0 bridgehead atoms. The van der Waals surface area contributed by atoms with Crippen molar-refractivity contribution in [3.8, 4) is 0 Å². The van der Waals surface area contributed by atoms with Gasteiger partial charge in [-0.3, -0.25) is 4.79 Å². The second-order valence-corrected chi connectivity index (χ2v) is 4.93. The van der Waals surface area contributed by atoms with E-state index in [-0.39, 0.29) is 5.82 Å². The van der Waals surface area contributed by atoms with Crippen LogP contribution in [0.2, 0.25) is 0 Å². The number of thioether (sulfide) groups is 1. The molecule has 1 rings (SSSR count). The number of nitrogens with two attached hydrogens (primary N) is 1. The molecule has 0 aliphatic carbocycles. The molecule has 0 radical (unpaired) electrons. The van der Waals surface area contributed by atoms with Gasteiger partial charge in [-0.05, 0) is 32.0 Å². The maximum atomic E-state index is 12.9. The molecule has 1 atom stereocenters. The molecule has 0 saturated heterocycles. The largest absolute Gasteiger partial charge is 0.465 e. The Kier molecular flexibility index (Phi) is 4.96. The summed E-state index contributed by atoms with van der Waals surface area (Å²) < 4.78 is 17.8. The highest BCUT2D eigenvalue weighted by molar-refractivity contribution is 7.99. The molecule has 3 nitrogen and oxygen atoms in total. The molecule has 0 amide bonds. The Balaban J connectivity index is 2.57. The Hall–Kier alpha value is -1.07. The van der Waals surface area contributed by atoms with Gasteiger partial charge < -0.3 is 10.5 Å². The first-order valence-corrected chi connectivity index (χ1v) is 6.29. The molecule has 94 valence electrons. The van der Waals surface area contributed by atoms with E-state index in [1.54, 1.807) is 26.0 Å². The van der Waals surface area contributed by atoms with Crippen LogP contribution in [0, 0.1) is 5.82 Å². The van der Waals surface area contributed by atoms with Crippen molar-refractivity contribution in [2.24, 2.45) is 5.73 Å². The molecule has 0 aliphatic heterocycles. The molecule has 0 aromatic heterocycles. The van der Waals surface area contributed by atoms with Gasteiger partial charge in [0.2, 0.25) is 0 Å². The van der Waals surface area contributed by atoms with Crippen molar-refractivity contribution in [2.45, 2.75) is 24.3 Å². The molecular formula is C12H16FNO2S. The number of carbonyl (C=O) groups excluding carboxylic acids is 1. The number of ether oxygens (including phenoxy) is 1. The zero-order chi connectivity index (χ0) is 12.9. The summed E-state index contributed by atoms with van der Waals surface area (Å²) in [6, 6.07) is 6.17. The van der Waals surface area contributed by atoms with Crippen molar-refractivity contribution in [1.29, 1.82) is 0 Å². The van der Waals surface area contributed by atoms with Crippen LogP contribution in [0.5, 0.6) is 0 Å². The van der Waals surface area contributed by atoms with Crippen molar-refractivity contribution in [2.75, 3.05) is 12.4 Å². The SMILES string of the molecule is CCOC(=O)C(C)(N)CSc1cccc(F)c1. The van der Waals surface area contributed by atoms with E-state index in [9.17, 15) is 9.18 Å². The Morgan fingerprint density at radius 2 is 2.29 bits per heavy atom. The topological polar surface area (TPSA) is 52.3 Å². The van der Waals surface area contributed by atoms with Crippen LogP contribution in [0.25, 0.3) is 0 Å². The highest BCUT2D eigenvalue weighted by Gasteiger charge is 2.29. The minimum absolute atomic E-state index is 0.301. The fraction of sp³-hybridized carbons (Fsp3) is 0.417. The molecule has 1 aromatic rings. The zero-order valence-corrected chi connectivity index (χ0v) is 10.7. The monoisotopic (exact) mass is 257 g/mol.